The average molecular weight is 373 g/mol. The predicted molar refractivity (Wildman–Crippen MR) is 92.3 cm³/mol. The first-order valence-electron chi connectivity index (χ1n) is 7.43. The van der Waals surface area contributed by atoms with E-state index in [-0.39, 0.29) is 5.52 Å². The molecule has 1 unspecified atom stereocenters. The van der Waals surface area contributed by atoms with Crippen LogP contribution in [0.3, 0.4) is 0 Å². The molecule has 0 saturated carbocycles. The molecule has 6 nitrogen and oxygen atoms in total. The fourth-order valence-electron chi connectivity index (χ4n) is 2.29. The molecule has 0 radical (unpaired) electrons. The lowest BCUT2D eigenvalue weighted by Gasteiger charge is -2.10. The SMILES string of the molecule is CC=N/C(=C(\NC)S(=O)CC)c1nc2cc(C(F)(F)F)ncc2n1C. The number of fused-ring (bicyclic) bond motifs is 1. The molecule has 0 aromatic carbocycles. The predicted octanol–water partition coefficient (Wildman–Crippen LogP) is 2.69. The minimum Gasteiger partial charge on any atom is -0.379 e. The summed E-state index contributed by atoms with van der Waals surface area (Å²) in [5.41, 5.74) is -0.136. The van der Waals surface area contributed by atoms with Gasteiger partial charge in [0, 0.05) is 26.1 Å². The lowest BCUT2D eigenvalue weighted by molar-refractivity contribution is -0.141. The molecule has 1 N–H and O–H groups in total. The second-order valence-electron chi connectivity index (χ2n) is 5.00. The number of rotatable bonds is 5. The Hall–Kier alpha value is -2.23. The molecule has 10 heteroatoms. The van der Waals surface area contributed by atoms with Crippen LogP contribution >= 0.6 is 0 Å². The normalized spacial score (nSPS) is 14.8. The minimum absolute atomic E-state index is 0.140. The molecule has 0 fully saturated rings. The van der Waals surface area contributed by atoms with Crippen molar-refractivity contribution in [2.45, 2.75) is 20.0 Å². The first kappa shape index (κ1) is 19.1. The number of hydrogen-bond acceptors (Lipinski definition) is 5. The number of hydrogen-bond donors (Lipinski definition) is 1. The van der Waals surface area contributed by atoms with Crippen molar-refractivity contribution in [1.82, 2.24) is 19.9 Å². The molecule has 0 aliphatic heterocycles. The van der Waals surface area contributed by atoms with Gasteiger partial charge in [0.2, 0.25) is 0 Å². The van der Waals surface area contributed by atoms with Crippen LogP contribution in [0.5, 0.6) is 0 Å². The van der Waals surface area contributed by atoms with Gasteiger partial charge in [-0.05, 0) is 13.0 Å². The summed E-state index contributed by atoms with van der Waals surface area (Å²) in [4.78, 5) is 12.0. The molecule has 2 aromatic heterocycles. The van der Waals surface area contributed by atoms with E-state index in [4.69, 9.17) is 0 Å². The summed E-state index contributed by atoms with van der Waals surface area (Å²) in [7, 11) is 1.92. The Morgan fingerprint density at radius 3 is 2.68 bits per heavy atom. The molecule has 0 aliphatic rings. The van der Waals surface area contributed by atoms with Gasteiger partial charge in [0.25, 0.3) is 0 Å². The Kier molecular flexibility index (Phi) is 5.61. The molecule has 0 bridgehead atoms. The summed E-state index contributed by atoms with van der Waals surface area (Å²) in [5, 5.41) is 3.22. The topological polar surface area (TPSA) is 72.2 Å². The van der Waals surface area contributed by atoms with Crippen molar-refractivity contribution in [2.24, 2.45) is 12.0 Å². The largest absolute Gasteiger partial charge is 0.433 e. The summed E-state index contributed by atoms with van der Waals surface area (Å²) in [6.45, 7) is 3.45. The van der Waals surface area contributed by atoms with E-state index in [1.165, 1.54) is 6.21 Å². The van der Waals surface area contributed by atoms with Crippen molar-refractivity contribution < 1.29 is 17.4 Å². The third kappa shape index (κ3) is 3.73. The molecular formula is C15H18F3N5OS. The van der Waals surface area contributed by atoms with Crippen LogP contribution in [0.1, 0.15) is 25.4 Å². The third-order valence-corrected chi connectivity index (χ3v) is 4.84. The van der Waals surface area contributed by atoms with Gasteiger partial charge >= 0.3 is 6.18 Å². The van der Waals surface area contributed by atoms with Crippen LogP contribution in [-0.2, 0) is 24.0 Å². The van der Waals surface area contributed by atoms with E-state index in [2.05, 4.69) is 20.3 Å². The van der Waals surface area contributed by atoms with Crippen LogP contribution in [0.4, 0.5) is 13.2 Å². The highest BCUT2D eigenvalue weighted by Crippen LogP contribution is 2.30. The standard InChI is InChI=1S/C15H18F3N5OS/c1-5-20-12(14(19-3)25(24)6-2)13-22-9-7-11(15(16,17)18)21-8-10(9)23(13)4/h5,7-8,19H,6H2,1-4H3/b14-12+,20-5?. The van der Waals surface area contributed by atoms with E-state index in [0.29, 0.717) is 27.8 Å². The summed E-state index contributed by atoms with van der Waals surface area (Å²) in [6, 6.07) is 0.891. The van der Waals surface area contributed by atoms with Crippen molar-refractivity contribution >= 4 is 33.7 Å². The number of imidazole rings is 1. The highest BCUT2D eigenvalue weighted by Gasteiger charge is 2.33. The van der Waals surface area contributed by atoms with E-state index in [9.17, 15) is 17.4 Å². The number of alkyl halides is 3. The Morgan fingerprint density at radius 2 is 2.16 bits per heavy atom. The van der Waals surface area contributed by atoms with E-state index in [1.807, 2.05) is 0 Å². The second-order valence-corrected chi connectivity index (χ2v) is 6.68. The van der Waals surface area contributed by atoms with Gasteiger partial charge in [-0.2, -0.15) is 13.2 Å². The zero-order valence-corrected chi connectivity index (χ0v) is 15.0. The molecule has 0 saturated heterocycles. The Morgan fingerprint density at radius 1 is 1.48 bits per heavy atom. The van der Waals surface area contributed by atoms with Crippen LogP contribution in [-0.4, -0.2) is 37.8 Å². The van der Waals surface area contributed by atoms with Gasteiger partial charge in [-0.25, -0.2) is 9.97 Å². The van der Waals surface area contributed by atoms with Gasteiger partial charge in [-0.3, -0.25) is 9.20 Å². The molecule has 2 heterocycles. The Labute approximate surface area is 145 Å². The molecule has 2 rings (SSSR count). The van der Waals surface area contributed by atoms with Gasteiger partial charge in [0.15, 0.2) is 5.82 Å². The Bertz CT molecular complexity index is 870. The van der Waals surface area contributed by atoms with Crippen molar-refractivity contribution in [3.8, 4) is 0 Å². The molecule has 0 aliphatic carbocycles. The molecule has 136 valence electrons. The van der Waals surface area contributed by atoms with Crippen LogP contribution in [0.25, 0.3) is 16.7 Å². The fraction of sp³-hybridized carbons (Fsp3) is 0.400. The van der Waals surface area contributed by atoms with E-state index in [0.717, 1.165) is 12.3 Å². The number of aryl methyl sites for hydroxylation is 1. The highest BCUT2D eigenvalue weighted by atomic mass is 32.2. The smallest absolute Gasteiger partial charge is 0.379 e. The maximum Gasteiger partial charge on any atom is 0.433 e. The fourth-order valence-corrected chi connectivity index (χ4v) is 3.16. The molecular weight excluding hydrogens is 355 g/mol. The van der Waals surface area contributed by atoms with Crippen LogP contribution in [0.2, 0.25) is 0 Å². The van der Waals surface area contributed by atoms with E-state index >= 15 is 0 Å². The zero-order chi connectivity index (χ0) is 18.8. The van der Waals surface area contributed by atoms with E-state index in [1.54, 1.807) is 32.5 Å². The van der Waals surface area contributed by atoms with Crippen molar-refractivity contribution in [2.75, 3.05) is 12.8 Å². The van der Waals surface area contributed by atoms with Gasteiger partial charge in [-0.15, -0.1) is 0 Å². The molecule has 25 heavy (non-hydrogen) atoms. The summed E-state index contributed by atoms with van der Waals surface area (Å²) in [5.74, 6) is 0.670. The minimum atomic E-state index is -4.55. The van der Waals surface area contributed by atoms with Crippen LogP contribution in [0.15, 0.2) is 22.3 Å². The van der Waals surface area contributed by atoms with Crippen molar-refractivity contribution in [3.63, 3.8) is 0 Å². The number of aromatic nitrogens is 3. The Balaban J connectivity index is 2.75. The quantitative estimate of drug-likeness (QED) is 0.818. The summed E-state index contributed by atoms with van der Waals surface area (Å²) >= 11 is 0. The monoisotopic (exact) mass is 373 g/mol. The van der Waals surface area contributed by atoms with Gasteiger partial charge in [0.05, 0.1) is 28.0 Å². The van der Waals surface area contributed by atoms with E-state index < -0.39 is 22.7 Å². The lowest BCUT2D eigenvalue weighted by Crippen LogP contribution is -2.16. The number of nitrogens with zero attached hydrogens (tertiary/aromatic N) is 4. The van der Waals surface area contributed by atoms with Crippen molar-refractivity contribution in [3.05, 3.63) is 28.8 Å². The number of pyridine rings is 1. The third-order valence-electron chi connectivity index (χ3n) is 3.46. The maximum absolute atomic E-state index is 12.9. The number of aliphatic imine (C=N–C) groups is 1. The van der Waals surface area contributed by atoms with Crippen LogP contribution in [0, 0.1) is 0 Å². The maximum atomic E-state index is 12.9. The highest BCUT2D eigenvalue weighted by molar-refractivity contribution is 7.89. The summed E-state index contributed by atoms with van der Waals surface area (Å²) < 4.78 is 52.4. The number of nitrogens with one attached hydrogen (secondary N) is 1. The first-order valence-corrected chi connectivity index (χ1v) is 8.75. The number of halogens is 3. The van der Waals surface area contributed by atoms with Crippen LogP contribution < -0.4 is 5.32 Å². The summed E-state index contributed by atoms with van der Waals surface area (Å²) in [6.07, 6.45) is -1.91. The molecule has 0 spiro atoms. The molecule has 0 amide bonds. The molecule has 2 aromatic rings. The van der Waals surface area contributed by atoms with Gasteiger partial charge < -0.3 is 9.88 Å². The average Bonchev–Trinajstić information content (AvgIpc) is 2.90. The second kappa shape index (κ2) is 7.34. The first-order chi connectivity index (χ1) is 11.7. The van der Waals surface area contributed by atoms with Crippen molar-refractivity contribution in [1.29, 1.82) is 0 Å². The zero-order valence-electron chi connectivity index (χ0n) is 14.2. The molecule has 1 atom stereocenters. The van der Waals surface area contributed by atoms with Gasteiger partial charge in [0.1, 0.15) is 16.4 Å². The van der Waals surface area contributed by atoms with Gasteiger partial charge in [-0.1, -0.05) is 6.92 Å². The lowest BCUT2D eigenvalue weighted by atomic mass is 10.3.